The van der Waals surface area contributed by atoms with E-state index >= 15 is 0 Å². The number of carbonyl (C=O) groups excluding carboxylic acids is 2. The van der Waals surface area contributed by atoms with Crippen molar-refractivity contribution in [2.24, 2.45) is 5.92 Å². The molecule has 2 unspecified atom stereocenters. The lowest BCUT2D eigenvalue weighted by molar-refractivity contribution is -0.146. The average Bonchev–Trinajstić information content (AvgIpc) is 3.17. The van der Waals surface area contributed by atoms with Crippen LogP contribution in [0.25, 0.3) is 0 Å². The van der Waals surface area contributed by atoms with E-state index in [0.717, 1.165) is 18.5 Å². The Bertz CT molecular complexity index is 797. The standard InChI is InChI=1S/C19H26N4O3S2/c1-5-12(3)16(17(25)26-4)21-15(24)11-27-19-23-22-18(28-19)20-14-10-8-7-9-13(14)6-2/h7-10,12,16H,5-6,11H2,1-4H3,(H,20,22)(H,21,24). The van der Waals surface area contributed by atoms with E-state index in [1.807, 2.05) is 32.0 Å². The van der Waals surface area contributed by atoms with Crippen LogP contribution in [0.15, 0.2) is 28.6 Å². The van der Waals surface area contributed by atoms with Gasteiger partial charge in [-0.2, -0.15) is 0 Å². The summed E-state index contributed by atoms with van der Waals surface area (Å²) in [6.07, 6.45) is 1.68. The number of rotatable bonds is 10. The first-order chi connectivity index (χ1) is 13.5. The summed E-state index contributed by atoms with van der Waals surface area (Å²) in [4.78, 5) is 24.1. The number of nitrogens with zero attached hydrogens (tertiary/aromatic N) is 2. The highest BCUT2D eigenvalue weighted by Gasteiger charge is 2.26. The van der Waals surface area contributed by atoms with Gasteiger partial charge in [-0.1, -0.05) is 68.5 Å². The van der Waals surface area contributed by atoms with Crippen molar-refractivity contribution in [3.8, 4) is 0 Å². The Kier molecular flexibility index (Phi) is 8.72. The maximum Gasteiger partial charge on any atom is 0.328 e. The van der Waals surface area contributed by atoms with Crippen molar-refractivity contribution in [2.75, 3.05) is 18.2 Å². The predicted octanol–water partition coefficient (Wildman–Crippen LogP) is 3.64. The van der Waals surface area contributed by atoms with Gasteiger partial charge in [-0.25, -0.2) is 4.79 Å². The maximum atomic E-state index is 12.2. The molecule has 28 heavy (non-hydrogen) atoms. The fourth-order valence-electron chi connectivity index (χ4n) is 2.52. The van der Waals surface area contributed by atoms with Crippen LogP contribution in [0.4, 0.5) is 10.8 Å². The predicted molar refractivity (Wildman–Crippen MR) is 113 cm³/mol. The van der Waals surface area contributed by atoms with Crippen LogP contribution in [0.3, 0.4) is 0 Å². The van der Waals surface area contributed by atoms with Gasteiger partial charge in [0, 0.05) is 5.69 Å². The van der Waals surface area contributed by atoms with Crippen molar-refractivity contribution in [2.45, 2.75) is 44.0 Å². The van der Waals surface area contributed by atoms with Crippen molar-refractivity contribution < 1.29 is 14.3 Å². The maximum absolute atomic E-state index is 12.2. The van der Waals surface area contributed by atoms with Gasteiger partial charge in [-0.15, -0.1) is 10.2 Å². The molecule has 0 saturated heterocycles. The minimum atomic E-state index is -0.639. The van der Waals surface area contributed by atoms with Gasteiger partial charge in [0.2, 0.25) is 11.0 Å². The van der Waals surface area contributed by atoms with Crippen LogP contribution in [0.1, 0.15) is 32.8 Å². The number of hydrogen-bond acceptors (Lipinski definition) is 8. The summed E-state index contributed by atoms with van der Waals surface area (Å²) in [5, 5.41) is 15.0. The quantitative estimate of drug-likeness (QED) is 0.446. The molecule has 0 saturated carbocycles. The third kappa shape index (κ3) is 6.20. The molecule has 152 valence electrons. The van der Waals surface area contributed by atoms with E-state index in [1.54, 1.807) is 0 Å². The summed E-state index contributed by atoms with van der Waals surface area (Å²) in [6.45, 7) is 5.97. The second-order valence-corrected chi connectivity index (χ2v) is 8.45. The van der Waals surface area contributed by atoms with Gasteiger partial charge in [0.15, 0.2) is 4.34 Å². The molecule has 0 bridgehead atoms. The first kappa shape index (κ1) is 22.2. The lowest BCUT2D eigenvalue weighted by atomic mass is 9.99. The first-order valence-electron chi connectivity index (χ1n) is 9.16. The summed E-state index contributed by atoms with van der Waals surface area (Å²) < 4.78 is 5.47. The molecule has 0 aliphatic heterocycles. The molecule has 2 atom stereocenters. The Labute approximate surface area is 173 Å². The number of aromatic nitrogens is 2. The molecular weight excluding hydrogens is 396 g/mol. The third-order valence-corrected chi connectivity index (χ3v) is 6.33. The summed E-state index contributed by atoms with van der Waals surface area (Å²) in [7, 11) is 1.32. The highest BCUT2D eigenvalue weighted by molar-refractivity contribution is 8.01. The van der Waals surface area contributed by atoms with E-state index in [1.165, 1.54) is 35.8 Å². The van der Waals surface area contributed by atoms with Crippen LogP contribution < -0.4 is 10.6 Å². The van der Waals surface area contributed by atoms with Crippen LogP contribution in [0.5, 0.6) is 0 Å². The SMILES string of the molecule is CCc1ccccc1Nc1nnc(SCC(=O)NC(C(=O)OC)C(C)CC)s1. The van der Waals surface area contributed by atoms with Gasteiger partial charge in [0.25, 0.3) is 0 Å². The van der Waals surface area contributed by atoms with Gasteiger partial charge in [-0.05, 0) is 24.0 Å². The van der Waals surface area contributed by atoms with Crippen LogP contribution >= 0.6 is 23.1 Å². The van der Waals surface area contributed by atoms with Crippen LogP contribution in [-0.2, 0) is 20.7 Å². The number of anilines is 2. The zero-order valence-electron chi connectivity index (χ0n) is 16.5. The van der Waals surface area contributed by atoms with Crippen molar-refractivity contribution in [1.29, 1.82) is 0 Å². The molecule has 1 aromatic carbocycles. The number of benzene rings is 1. The Morgan fingerprint density at radius 1 is 1.25 bits per heavy atom. The number of aryl methyl sites for hydroxylation is 1. The minimum absolute atomic E-state index is 0.00244. The Morgan fingerprint density at radius 2 is 2.00 bits per heavy atom. The van der Waals surface area contributed by atoms with Crippen LogP contribution in [0.2, 0.25) is 0 Å². The van der Waals surface area contributed by atoms with Crippen LogP contribution in [0, 0.1) is 5.92 Å². The molecule has 2 rings (SSSR count). The number of esters is 1. The first-order valence-corrected chi connectivity index (χ1v) is 11.0. The molecule has 0 fully saturated rings. The molecule has 1 heterocycles. The Balaban J connectivity index is 1.91. The number of amides is 1. The van der Waals surface area contributed by atoms with Gasteiger partial charge in [0.1, 0.15) is 6.04 Å². The van der Waals surface area contributed by atoms with E-state index in [2.05, 4.69) is 33.8 Å². The van der Waals surface area contributed by atoms with Crippen molar-refractivity contribution >= 4 is 45.8 Å². The molecule has 0 spiro atoms. The Morgan fingerprint density at radius 3 is 2.68 bits per heavy atom. The average molecular weight is 423 g/mol. The van der Waals surface area contributed by atoms with Crippen molar-refractivity contribution in [1.82, 2.24) is 15.5 Å². The van der Waals surface area contributed by atoms with E-state index in [-0.39, 0.29) is 17.6 Å². The number of nitrogens with one attached hydrogen (secondary N) is 2. The second-order valence-electron chi connectivity index (χ2n) is 6.25. The van der Waals surface area contributed by atoms with Crippen molar-refractivity contribution in [3.05, 3.63) is 29.8 Å². The molecule has 2 N–H and O–H groups in total. The van der Waals surface area contributed by atoms with E-state index in [9.17, 15) is 9.59 Å². The molecule has 9 heteroatoms. The monoisotopic (exact) mass is 422 g/mol. The number of methoxy groups -OCH3 is 1. The molecule has 2 aromatic rings. The minimum Gasteiger partial charge on any atom is -0.467 e. The number of carbonyl (C=O) groups is 2. The molecule has 1 aromatic heterocycles. The second kappa shape index (κ2) is 11.0. The Hall–Kier alpha value is -2.13. The molecule has 0 aliphatic rings. The highest BCUT2D eigenvalue weighted by Crippen LogP contribution is 2.29. The van der Waals surface area contributed by atoms with E-state index in [4.69, 9.17) is 4.74 Å². The highest BCUT2D eigenvalue weighted by atomic mass is 32.2. The number of para-hydroxylation sites is 1. The fourth-order valence-corrected chi connectivity index (χ4v) is 4.10. The number of ether oxygens (including phenoxy) is 1. The molecule has 7 nitrogen and oxygen atoms in total. The zero-order chi connectivity index (χ0) is 20.5. The fraction of sp³-hybridized carbons (Fsp3) is 0.474. The third-order valence-electron chi connectivity index (χ3n) is 4.36. The molecular formula is C19H26N4O3S2. The lowest BCUT2D eigenvalue weighted by Crippen LogP contribution is -2.46. The summed E-state index contributed by atoms with van der Waals surface area (Å²) in [6, 6.07) is 7.41. The normalized spacial score (nSPS) is 12.9. The number of thioether (sulfide) groups is 1. The summed E-state index contributed by atoms with van der Waals surface area (Å²) in [5.74, 6) is -0.506. The van der Waals surface area contributed by atoms with E-state index in [0.29, 0.717) is 9.47 Å². The zero-order valence-corrected chi connectivity index (χ0v) is 18.2. The number of hydrogen-bond donors (Lipinski definition) is 2. The van der Waals surface area contributed by atoms with Gasteiger partial charge in [0.05, 0.1) is 12.9 Å². The molecule has 1 amide bonds. The smallest absolute Gasteiger partial charge is 0.328 e. The molecule has 0 radical (unpaired) electrons. The van der Waals surface area contributed by atoms with Gasteiger partial charge < -0.3 is 15.4 Å². The van der Waals surface area contributed by atoms with Gasteiger partial charge in [-0.3, -0.25) is 4.79 Å². The topological polar surface area (TPSA) is 93.2 Å². The van der Waals surface area contributed by atoms with Crippen LogP contribution in [-0.4, -0.2) is 41.0 Å². The van der Waals surface area contributed by atoms with Gasteiger partial charge >= 0.3 is 5.97 Å². The summed E-state index contributed by atoms with van der Waals surface area (Å²) in [5.41, 5.74) is 2.20. The van der Waals surface area contributed by atoms with Crippen molar-refractivity contribution in [3.63, 3.8) is 0 Å². The lowest BCUT2D eigenvalue weighted by Gasteiger charge is -2.21. The summed E-state index contributed by atoms with van der Waals surface area (Å²) >= 11 is 2.68. The molecule has 0 aliphatic carbocycles. The van der Waals surface area contributed by atoms with E-state index < -0.39 is 12.0 Å². The largest absolute Gasteiger partial charge is 0.467 e.